The van der Waals surface area contributed by atoms with E-state index in [1.807, 2.05) is 0 Å². The Bertz CT molecular complexity index is 1580. The van der Waals surface area contributed by atoms with Crippen LogP contribution in [0.1, 0.15) is 50.3 Å². The van der Waals surface area contributed by atoms with Gasteiger partial charge in [0.05, 0.1) is 22.6 Å². The lowest BCUT2D eigenvalue weighted by Crippen LogP contribution is -2.34. The maximum Gasteiger partial charge on any atom is 0.459 e. The number of hydrogen-bond acceptors (Lipinski definition) is 6. The van der Waals surface area contributed by atoms with Crippen LogP contribution in [-0.4, -0.2) is 47.6 Å². The Balaban J connectivity index is 1.74. The number of carbonyl (C=O) groups is 2. The fourth-order valence-corrected chi connectivity index (χ4v) is 3.96. The van der Waals surface area contributed by atoms with Crippen molar-refractivity contribution >= 4 is 29.0 Å². The molecule has 1 amide bonds. The minimum Gasteiger partial charge on any atom is -0.320 e. The molecule has 0 bridgehead atoms. The number of halogens is 6. The van der Waals surface area contributed by atoms with Crippen molar-refractivity contribution in [2.75, 3.05) is 5.32 Å². The summed E-state index contributed by atoms with van der Waals surface area (Å²) in [6.07, 6.45) is -4.16. The number of aryl methyl sites for hydroxylation is 2. The van der Waals surface area contributed by atoms with E-state index in [1.165, 1.54) is 25.3 Å². The highest BCUT2D eigenvalue weighted by Crippen LogP contribution is 2.42. The summed E-state index contributed by atoms with van der Waals surface area (Å²) < 4.78 is 66.5. The predicted octanol–water partition coefficient (Wildman–Crippen LogP) is 5.29. The molecule has 1 N–H and O–H groups in total. The van der Waals surface area contributed by atoms with Gasteiger partial charge in [0.25, 0.3) is 5.91 Å². The summed E-state index contributed by atoms with van der Waals surface area (Å²) in [5.74, 6) is -6.17. The van der Waals surface area contributed by atoms with Crippen LogP contribution in [0.15, 0.2) is 42.7 Å². The number of carbonyl (C=O) groups excluding carboxylic acids is 2. The van der Waals surface area contributed by atoms with Gasteiger partial charge in [0.1, 0.15) is 12.2 Å². The molecule has 0 saturated heterocycles. The summed E-state index contributed by atoms with van der Waals surface area (Å²) in [4.78, 5) is 30.4. The largest absolute Gasteiger partial charge is 0.459 e. The molecule has 3 aromatic heterocycles. The number of nitrogens with one attached hydrogen (secondary N) is 1. The van der Waals surface area contributed by atoms with Crippen molar-refractivity contribution in [1.82, 2.24) is 29.8 Å². The van der Waals surface area contributed by atoms with Crippen LogP contribution in [0, 0.1) is 13.8 Å². The van der Waals surface area contributed by atoms with E-state index in [-0.39, 0.29) is 39.3 Å². The molecule has 0 unspecified atom stereocenters. The number of anilines is 1. The monoisotopic (exact) mass is 567 g/mol. The Kier molecular flexibility index (Phi) is 7.25. The average Bonchev–Trinajstić information content (AvgIpc) is 3.48. The predicted molar refractivity (Wildman–Crippen MR) is 129 cm³/mol. The number of amides is 1. The van der Waals surface area contributed by atoms with E-state index in [4.69, 9.17) is 11.6 Å². The first kappa shape index (κ1) is 27.8. The normalized spacial score (nSPS) is 12.0. The third-order valence-electron chi connectivity index (χ3n) is 5.55. The lowest BCUT2D eigenvalue weighted by Gasteiger charge is -2.16. The summed E-state index contributed by atoms with van der Waals surface area (Å²) in [5, 5.41) is 13.8. The van der Waals surface area contributed by atoms with Crippen LogP contribution in [0.25, 0.3) is 5.82 Å². The van der Waals surface area contributed by atoms with Gasteiger partial charge in [0.15, 0.2) is 17.3 Å². The van der Waals surface area contributed by atoms with Crippen molar-refractivity contribution in [3.63, 3.8) is 0 Å². The maximum atomic E-state index is 13.6. The zero-order valence-electron chi connectivity index (χ0n) is 20.5. The topological polar surface area (TPSA) is 108 Å². The molecular formula is C24H19ClF5N7O2. The molecule has 3 heterocycles. The van der Waals surface area contributed by atoms with Gasteiger partial charge in [-0.15, -0.1) is 0 Å². The number of alkyl halides is 5. The van der Waals surface area contributed by atoms with Crippen LogP contribution in [0.4, 0.5) is 27.6 Å². The molecule has 204 valence electrons. The number of hydrogen-bond donors (Lipinski definition) is 1. The maximum absolute atomic E-state index is 13.6. The van der Waals surface area contributed by atoms with E-state index < -0.39 is 30.2 Å². The molecule has 9 nitrogen and oxygen atoms in total. The molecule has 1 aromatic carbocycles. The summed E-state index contributed by atoms with van der Waals surface area (Å²) in [6.45, 7) is 4.40. The van der Waals surface area contributed by atoms with Crippen LogP contribution in [0.2, 0.25) is 5.02 Å². The Labute approximate surface area is 222 Å². The van der Waals surface area contributed by atoms with E-state index in [0.717, 1.165) is 10.2 Å². The van der Waals surface area contributed by atoms with E-state index in [0.29, 0.717) is 16.6 Å². The van der Waals surface area contributed by atoms with Gasteiger partial charge in [-0.05, 0) is 56.2 Å². The molecule has 39 heavy (non-hydrogen) atoms. The molecule has 0 aliphatic rings. The average molecular weight is 568 g/mol. The van der Waals surface area contributed by atoms with Crippen LogP contribution < -0.4 is 5.32 Å². The number of Topliss-reactive ketones (excluding diaryl/α,β-unsaturated/α-hetero) is 1. The second-order valence-electron chi connectivity index (χ2n) is 8.59. The minimum atomic E-state index is -5.86. The first-order valence-electron chi connectivity index (χ1n) is 11.2. The van der Waals surface area contributed by atoms with Gasteiger partial charge < -0.3 is 5.32 Å². The van der Waals surface area contributed by atoms with Crippen LogP contribution in [0.3, 0.4) is 0 Å². The molecule has 0 atom stereocenters. The molecule has 0 saturated carbocycles. The number of nitrogens with zero attached hydrogens (tertiary/aromatic N) is 6. The van der Waals surface area contributed by atoms with E-state index >= 15 is 0 Å². The minimum absolute atomic E-state index is 0.0202. The van der Waals surface area contributed by atoms with Gasteiger partial charge in [-0.1, -0.05) is 17.7 Å². The van der Waals surface area contributed by atoms with Gasteiger partial charge >= 0.3 is 12.1 Å². The third kappa shape index (κ3) is 5.50. The molecule has 4 rings (SSSR count). The van der Waals surface area contributed by atoms with E-state index in [9.17, 15) is 31.5 Å². The number of rotatable bonds is 7. The summed E-state index contributed by atoms with van der Waals surface area (Å²) in [6, 6.07) is 7.69. The van der Waals surface area contributed by atoms with Gasteiger partial charge in [-0.3, -0.25) is 9.59 Å². The van der Waals surface area contributed by atoms with Crippen LogP contribution in [-0.2, 0) is 12.5 Å². The summed E-state index contributed by atoms with van der Waals surface area (Å²) >= 11 is 6.25. The molecule has 0 aliphatic carbocycles. The number of aromatic nitrogens is 6. The van der Waals surface area contributed by atoms with Crippen LogP contribution in [0.5, 0.6) is 0 Å². The molecule has 0 spiro atoms. The zero-order chi connectivity index (χ0) is 28.7. The molecule has 4 aromatic rings. The van der Waals surface area contributed by atoms with Gasteiger partial charge in [0, 0.05) is 11.8 Å². The Morgan fingerprint density at radius 1 is 1.08 bits per heavy atom. The summed E-state index contributed by atoms with van der Waals surface area (Å²) in [7, 11) is 0. The molecule has 0 radical (unpaired) electrons. The molecular weight excluding hydrogens is 549 g/mol. The Morgan fingerprint density at radius 3 is 2.44 bits per heavy atom. The van der Waals surface area contributed by atoms with Crippen molar-refractivity contribution in [3.8, 4) is 5.82 Å². The van der Waals surface area contributed by atoms with Crippen molar-refractivity contribution in [3.05, 3.63) is 81.5 Å². The van der Waals surface area contributed by atoms with Crippen molar-refractivity contribution in [2.45, 2.75) is 39.4 Å². The number of pyridine rings is 1. The van der Waals surface area contributed by atoms with Crippen molar-refractivity contribution in [1.29, 1.82) is 0 Å². The molecule has 0 aliphatic heterocycles. The highest BCUT2D eigenvalue weighted by Gasteiger charge is 2.60. The first-order valence-corrected chi connectivity index (χ1v) is 11.6. The highest BCUT2D eigenvalue weighted by molar-refractivity contribution is 6.32. The number of ketones is 1. The van der Waals surface area contributed by atoms with E-state index in [2.05, 4.69) is 25.6 Å². The van der Waals surface area contributed by atoms with Crippen molar-refractivity contribution < 1.29 is 31.5 Å². The fraction of sp³-hybridized carbons (Fsp3) is 0.250. The summed E-state index contributed by atoms with van der Waals surface area (Å²) in [5.41, 5.74) is 0.292. The number of benzene rings is 1. The Hall–Kier alpha value is -4.20. The van der Waals surface area contributed by atoms with Crippen molar-refractivity contribution in [2.24, 2.45) is 0 Å². The van der Waals surface area contributed by atoms with Crippen LogP contribution >= 0.6 is 11.6 Å². The Morgan fingerprint density at radius 2 is 1.79 bits per heavy atom. The lowest BCUT2D eigenvalue weighted by atomic mass is 10.0. The zero-order valence-corrected chi connectivity index (χ0v) is 21.3. The second-order valence-corrected chi connectivity index (χ2v) is 9.00. The first-order chi connectivity index (χ1) is 18.2. The van der Waals surface area contributed by atoms with Gasteiger partial charge in [0.2, 0.25) is 0 Å². The highest BCUT2D eigenvalue weighted by atomic mass is 35.5. The lowest BCUT2D eigenvalue weighted by molar-refractivity contribution is -0.291. The van der Waals surface area contributed by atoms with E-state index in [1.54, 1.807) is 32.0 Å². The smallest absolute Gasteiger partial charge is 0.320 e. The third-order valence-corrected chi connectivity index (χ3v) is 5.84. The quantitative estimate of drug-likeness (QED) is 0.240. The fourth-order valence-electron chi connectivity index (χ4n) is 3.76. The van der Waals surface area contributed by atoms with Gasteiger partial charge in [-0.25, -0.2) is 9.67 Å². The standard InChI is InChI=1S/C24H19ClF5N7O2/c1-12-7-13(2)20(16(8-12)14(3)38)33-22(39)18-9-15(34-37(18)21-17(25)5-4-6-31-21)11-36-32-10-19(35-36)23(26,27)24(28,29)30/h4-10H,11H2,1-3H3,(H,33,39). The second kappa shape index (κ2) is 10.2. The molecule has 15 heteroatoms. The SMILES string of the molecule is CC(=O)c1cc(C)cc(C)c1NC(=O)c1cc(Cn2ncc(C(F)(F)C(F)(F)F)n2)nn1-c1ncccc1Cl. The van der Waals surface area contributed by atoms with Gasteiger partial charge in [-0.2, -0.15) is 42.0 Å². The molecule has 0 fully saturated rings.